The molecule has 0 unspecified atom stereocenters. The molecule has 1 rings (SSSR count). The van der Waals surface area contributed by atoms with Crippen LogP contribution in [0.25, 0.3) is 0 Å². The molecule has 1 fully saturated rings. The second-order valence-electron chi connectivity index (χ2n) is 4.70. The Balaban J connectivity index is 2.10. The molecule has 0 radical (unpaired) electrons. The van der Waals surface area contributed by atoms with Crippen LogP contribution in [0.15, 0.2) is 0 Å². The zero-order chi connectivity index (χ0) is 9.68. The molecule has 0 saturated carbocycles. The third-order valence-corrected chi connectivity index (χ3v) is 3.06. The van der Waals surface area contributed by atoms with E-state index in [9.17, 15) is 0 Å². The summed E-state index contributed by atoms with van der Waals surface area (Å²) in [4.78, 5) is 2.59. The highest BCUT2D eigenvalue weighted by atomic mass is 15.1. The molecule has 2 nitrogen and oxygen atoms in total. The van der Waals surface area contributed by atoms with Gasteiger partial charge in [0.15, 0.2) is 0 Å². The van der Waals surface area contributed by atoms with Crippen LogP contribution >= 0.6 is 0 Å². The first-order valence-electron chi connectivity index (χ1n) is 5.64. The molecule has 0 amide bonds. The van der Waals surface area contributed by atoms with Gasteiger partial charge in [-0.2, -0.15) is 0 Å². The molecule has 0 aliphatic carbocycles. The monoisotopic (exact) mass is 184 g/mol. The SMILES string of the molecule is CC(C)CCN1CCC(CN)CC1. The predicted molar refractivity (Wildman–Crippen MR) is 57.7 cm³/mol. The van der Waals surface area contributed by atoms with E-state index in [1.165, 1.54) is 38.9 Å². The van der Waals surface area contributed by atoms with Crippen LogP contribution in [0.4, 0.5) is 0 Å². The van der Waals surface area contributed by atoms with Gasteiger partial charge in [-0.25, -0.2) is 0 Å². The van der Waals surface area contributed by atoms with Crippen molar-refractivity contribution in [3.05, 3.63) is 0 Å². The molecule has 1 saturated heterocycles. The van der Waals surface area contributed by atoms with E-state index < -0.39 is 0 Å². The molecule has 0 spiro atoms. The maximum Gasteiger partial charge on any atom is -0.00156 e. The van der Waals surface area contributed by atoms with Crippen LogP contribution in [-0.2, 0) is 0 Å². The van der Waals surface area contributed by atoms with Crippen molar-refractivity contribution in [1.29, 1.82) is 0 Å². The second-order valence-corrected chi connectivity index (χ2v) is 4.70. The Morgan fingerprint density at radius 1 is 1.31 bits per heavy atom. The number of piperidine rings is 1. The van der Waals surface area contributed by atoms with Crippen molar-refractivity contribution in [2.45, 2.75) is 33.1 Å². The van der Waals surface area contributed by atoms with Crippen LogP contribution in [-0.4, -0.2) is 31.1 Å². The van der Waals surface area contributed by atoms with Gasteiger partial charge in [-0.3, -0.25) is 0 Å². The first-order valence-corrected chi connectivity index (χ1v) is 5.64. The molecule has 0 atom stereocenters. The summed E-state index contributed by atoms with van der Waals surface area (Å²) < 4.78 is 0. The van der Waals surface area contributed by atoms with E-state index in [-0.39, 0.29) is 0 Å². The summed E-state index contributed by atoms with van der Waals surface area (Å²) >= 11 is 0. The Hall–Kier alpha value is -0.0800. The first kappa shape index (κ1) is 11.0. The number of nitrogens with two attached hydrogens (primary N) is 1. The van der Waals surface area contributed by atoms with Crippen molar-refractivity contribution in [3.63, 3.8) is 0 Å². The van der Waals surface area contributed by atoms with Crippen LogP contribution in [0.1, 0.15) is 33.1 Å². The van der Waals surface area contributed by atoms with Gasteiger partial charge in [-0.1, -0.05) is 13.8 Å². The third kappa shape index (κ3) is 4.10. The lowest BCUT2D eigenvalue weighted by molar-refractivity contribution is 0.179. The topological polar surface area (TPSA) is 29.3 Å². The van der Waals surface area contributed by atoms with Gasteiger partial charge in [0.25, 0.3) is 0 Å². The molecule has 0 bridgehead atoms. The normalized spacial score (nSPS) is 21.2. The zero-order valence-electron chi connectivity index (χ0n) is 9.13. The highest BCUT2D eigenvalue weighted by molar-refractivity contribution is 4.72. The molecule has 1 heterocycles. The highest BCUT2D eigenvalue weighted by Crippen LogP contribution is 2.16. The second kappa shape index (κ2) is 5.61. The maximum atomic E-state index is 5.65. The molecule has 13 heavy (non-hydrogen) atoms. The van der Waals surface area contributed by atoms with Crippen LogP contribution in [0, 0.1) is 11.8 Å². The van der Waals surface area contributed by atoms with Crippen molar-refractivity contribution in [1.82, 2.24) is 4.90 Å². The van der Waals surface area contributed by atoms with Crippen molar-refractivity contribution in [3.8, 4) is 0 Å². The maximum absolute atomic E-state index is 5.65. The number of likely N-dealkylation sites (tertiary alicyclic amines) is 1. The molecule has 0 aromatic rings. The lowest BCUT2D eigenvalue weighted by Crippen LogP contribution is -2.36. The van der Waals surface area contributed by atoms with Gasteiger partial charge in [0.1, 0.15) is 0 Å². The fourth-order valence-corrected chi connectivity index (χ4v) is 1.89. The van der Waals surface area contributed by atoms with E-state index in [0.29, 0.717) is 0 Å². The van der Waals surface area contributed by atoms with Crippen LogP contribution < -0.4 is 5.73 Å². The summed E-state index contributed by atoms with van der Waals surface area (Å²) in [6.07, 6.45) is 3.97. The number of rotatable bonds is 4. The van der Waals surface area contributed by atoms with Crippen molar-refractivity contribution < 1.29 is 0 Å². The van der Waals surface area contributed by atoms with Crippen LogP contribution in [0.3, 0.4) is 0 Å². The lowest BCUT2D eigenvalue weighted by Gasteiger charge is -2.31. The van der Waals surface area contributed by atoms with Crippen molar-refractivity contribution in [2.75, 3.05) is 26.2 Å². The van der Waals surface area contributed by atoms with E-state index in [2.05, 4.69) is 18.7 Å². The number of hydrogen-bond donors (Lipinski definition) is 1. The Morgan fingerprint density at radius 2 is 1.92 bits per heavy atom. The van der Waals surface area contributed by atoms with Crippen molar-refractivity contribution >= 4 is 0 Å². The molecular formula is C11H24N2. The Morgan fingerprint density at radius 3 is 2.38 bits per heavy atom. The van der Waals surface area contributed by atoms with Gasteiger partial charge in [-0.05, 0) is 57.3 Å². The van der Waals surface area contributed by atoms with E-state index in [1.807, 2.05) is 0 Å². The Labute approximate surface area is 82.5 Å². The molecule has 1 aliphatic rings. The smallest absolute Gasteiger partial charge is 0.00156 e. The zero-order valence-corrected chi connectivity index (χ0v) is 9.13. The summed E-state index contributed by atoms with van der Waals surface area (Å²) in [6, 6.07) is 0. The molecule has 1 aliphatic heterocycles. The first-order chi connectivity index (χ1) is 6.22. The molecule has 78 valence electrons. The van der Waals surface area contributed by atoms with Crippen molar-refractivity contribution in [2.24, 2.45) is 17.6 Å². The van der Waals surface area contributed by atoms with Gasteiger partial charge in [0.2, 0.25) is 0 Å². The molecule has 0 aromatic heterocycles. The van der Waals surface area contributed by atoms with Gasteiger partial charge in [-0.15, -0.1) is 0 Å². The standard InChI is InChI=1S/C11H24N2/c1-10(2)3-6-13-7-4-11(9-12)5-8-13/h10-11H,3-9,12H2,1-2H3. The molecular weight excluding hydrogens is 160 g/mol. The summed E-state index contributed by atoms with van der Waals surface area (Å²) in [5, 5.41) is 0. The average molecular weight is 184 g/mol. The fourth-order valence-electron chi connectivity index (χ4n) is 1.89. The predicted octanol–water partition coefficient (Wildman–Crippen LogP) is 1.70. The van der Waals surface area contributed by atoms with Crippen LogP contribution in [0.5, 0.6) is 0 Å². The van der Waals surface area contributed by atoms with Gasteiger partial charge in [0, 0.05) is 0 Å². The summed E-state index contributed by atoms with van der Waals surface area (Å²) in [5.41, 5.74) is 5.65. The molecule has 0 aromatic carbocycles. The van der Waals surface area contributed by atoms with Crippen LogP contribution in [0.2, 0.25) is 0 Å². The number of hydrogen-bond acceptors (Lipinski definition) is 2. The summed E-state index contributed by atoms with van der Waals surface area (Å²) in [5.74, 6) is 1.64. The van der Waals surface area contributed by atoms with Gasteiger partial charge < -0.3 is 10.6 Å². The quantitative estimate of drug-likeness (QED) is 0.720. The summed E-state index contributed by atoms with van der Waals surface area (Å²) in [6.45, 7) is 9.31. The van der Waals surface area contributed by atoms with E-state index >= 15 is 0 Å². The highest BCUT2D eigenvalue weighted by Gasteiger charge is 2.17. The number of nitrogens with zero attached hydrogens (tertiary/aromatic N) is 1. The van der Waals surface area contributed by atoms with Gasteiger partial charge >= 0.3 is 0 Å². The van der Waals surface area contributed by atoms with E-state index in [1.54, 1.807) is 0 Å². The minimum Gasteiger partial charge on any atom is -0.330 e. The average Bonchev–Trinajstić information content (AvgIpc) is 2.15. The largest absolute Gasteiger partial charge is 0.330 e. The summed E-state index contributed by atoms with van der Waals surface area (Å²) in [7, 11) is 0. The molecule has 2 heteroatoms. The fraction of sp³-hybridized carbons (Fsp3) is 1.00. The third-order valence-electron chi connectivity index (χ3n) is 3.06. The molecule has 2 N–H and O–H groups in total. The minimum absolute atomic E-state index is 0.801. The van der Waals surface area contributed by atoms with E-state index in [4.69, 9.17) is 5.73 Å². The minimum atomic E-state index is 0.801. The Bertz CT molecular complexity index is 126. The van der Waals surface area contributed by atoms with Gasteiger partial charge in [0.05, 0.1) is 0 Å². The Kier molecular flexibility index (Phi) is 4.74. The lowest BCUT2D eigenvalue weighted by atomic mass is 9.97. The van der Waals surface area contributed by atoms with E-state index in [0.717, 1.165) is 18.4 Å².